The van der Waals surface area contributed by atoms with Crippen LogP contribution in [0.1, 0.15) is 0 Å². The molecule has 0 aliphatic heterocycles. The van der Waals surface area contributed by atoms with Crippen LogP contribution in [0.4, 0.5) is 0 Å². The largest absolute Gasteiger partial charge is 0.443 e. The summed E-state index contributed by atoms with van der Waals surface area (Å²) in [6.45, 7) is 0. The van der Waals surface area contributed by atoms with Crippen LogP contribution in [-0.2, 0) is 0 Å². The highest BCUT2D eigenvalue weighted by molar-refractivity contribution is 7.21. The number of rotatable bonds is 4. The van der Waals surface area contributed by atoms with Crippen molar-refractivity contribution in [1.29, 1.82) is 0 Å². The third-order valence-corrected chi connectivity index (χ3v) is 6.96. The Balaban J connectivity index is 1.60. The van der Waals surface area contributed by atoms with Crippen LogP contribution >= 0.6 is 11.3 Å². The number of hydrogen-bond acceptors (Lipinski definition) is 3. The summed E-state index contributed by atoms with van der Waals surface area (Å²) in [5, 5.41) is 2.43. The van der Waals surface area contributed by atoms with Crippen LogP contribution in [0.25, 0.3) is 54.2 Å². The summed E-state index contributed by atoms with van der Waals surface area (Å²) in [5.41, 5.74) is 5.60. The zero-order valence-corrected chi connectivity index (χ0v) is 18.0. The van der Waals surface area contributed by atoms with E-state index in [2.05, 4.69) is 96.0 Å². The van der Waals surface area contributed by atoms with E-state index in [1.807, 2.05) is 18.2 Å². The zero-order valence-electron chi connectivity index (χ0n) is 17.2. The van der Waals surface area contributed by atoms with Gasteiger partial charge in [-0.2, -0.15) is 0 Å². The predicted molar refractivity (Wildman–Crippen MR) is 134 cm³/mol. The predicted octanol–water partition coefficient (Wildman–Crippen LogP) is 8.56. The molecule has 0 saturated heterocycles. The molecule has 4 aromatic carbocycles. The molecule has 0 amide bonds. The van der Waals surface area contributed by atoms with Gasteiger partial charge in [0.2, 0.25) is 0 Å². The van der Waals surface area contributed by atoms with Crippen molar-refractivity contribution in [1.82, 2.24) is 4.98 Å². The van der Waals surface area contributed by atoms with E-state index in [1.165, 1.54) is 32.3 Å². The minimum absolute atomic E-state index is 0.806. The number of nitrogens with zero attached hydrogens (tertiary/aromatic N) is 1. The molecule has 0 atom stereocenters. The Morgan fingerprint density at radius 2 is 1.09 bits per heavy atom. The summed E-state index contributed by atoms with van der Waals surface area (Å²) in [6.07, 6.45) is 1.55. The van der Waals surface area contributed by atoms with Gasteiger partial charge >= 0.3 is 0 Å². The lowest BCUT2D eigenvalue weighted by atomic mass is 9.97. The van der Waals surface area contributed by atoms with E-state index >= 15 is 0 Å². The van der Waals surface area contributed by atoms with Crippen molar-refractivity contribution in [2.45, 2.75) is 0 Å². The maximum atomic E-state index is 5.86. The van der Waals surface area contributed by atoms with Gasteiger partial charge in [-0.15, -0.1) is 11.3 Å². The normalized spacial score (nSPS) is 11.1. The minimum Gasteiger partial charge on any atom is -0.443 e. The second-order valence-corrected chi connectivity index (χ2v) is 8.63. The van der Waals surface area contributed by atoms with E-state index in [9.17, 15) is 0 Å². The number of hydrogen-bond donors (Lipinski definition) is 0. The Labute approximate surface area is 190 Å². The van der Waals surface area contributed by atoms with Crippen molar-refractivity contribution in [3.63, 3.8) is 0 Å². The molecule has 2 nitrogen and oxygen atoms in total. The van der Waals surface area contributed by atoms with Crippen LogP contribution in [0, 0.1) is 0 Å². The van der Waals surface area contributed by atoms with Crippen LogP contribution in [-0.4, -0.2) is 4.98 Å². The number of benzene rings is 4. The molecule has 3 heteroatoms. The molecule has 2 heterocycles. The van der Waals surface area contributed by atoms with Crippen LogP contribution < -0.4 is 0 Å². The third kappa shape index (κ3) is 3.15. The van der Waals surface area contributed by atoms with Gasteiger partial charge in [-0.25, -0.2) is 4.98 Å². The Hall–Kier alpha value is -3.95. The molecule has 6 rings (SSSR count). The number of oxazole rings is 1. The topological polar surface area (TPSA) is 26.0 Å². The lowest BCUT2D eigenvalue weighted by Crippen LogP contribution is -1.82. The van der Waals surface area contributed by atoms with Gasteiger partial charge in [-0.05, 0) is 11.1 Å². The van der Waals surface area contributed by atoms with Crippen LogP contribution in [0.5, 0.6) is 0 Å². The Bertz CT molecular complexity index is 1510. The van der Waals surface area contributed by atoms with Gasteiger partial charge < -0.3 is 4.42 Å². The SMILES string of the molecule is c1ccc(-c2ccccc2-c2sc(-c3ncoc3-c3ccccc3)c3ccccc23)cc1. The molecule has 6 aromatic rings. The lowest BCUT2D eigenvalue weighted by Gasteiger charge is -2.09. The standard InChI is InChI=1S/C29H19NOS/c1-3-11-20(12-4-1)22-15-7-8-16-23(22)28-24-17-9-10-18-25(24)29(32-28)26-27(31-19-30-26)21-13-5-2-6-14-21/h1-19H. The number of aromatic nitrogens is 1. The maximum absolute atomic E-state index is 5.86. The Kier molecular flexibility index (Phi) is 4.67. The van der Waals surface area contributed by atoms with Crippen LogP contribution in [0.2, 0.25) is 0 Å². The maximum Gasteiger partial charge on any atom is 0.182 e. The molecule has 0 spiro atoms. The minimum atomic E-state index is 0.806. The molecular formula is C29H19NOS. The summed E-state index contributed by atoms with van der Waals surface area (Å²) in [5.74, 6) is 0.806. The second-order valence-electron chi connectivity index (χ2n) is 7.61. The molecule has 0 aliphatic carbocycles. The first-order chi connectivity index (χ1) is 15.9. The molecule has 0 bridgehead atoms. The summed E-state index contributed by atoms with van der Waals surface area (Å²) in [7, 11) is 0. The van der Waals surface area contributed by atoms with Gasteiger partial charge in [-0.1, -0.05) is 109 Å². The van der Waals surface area contributed by atoms with Gasteiger partial charge in [0.15, 0.2) is 12.2 Å². The molecule has 0 radical (unpaired) electrons. The summed E-state index contributed by atoms with van der Waals surface area (Å²) in [6, 6.07) is 38.0. The highest BCUT2D eigenvalue weighted by Gasteiger charge is 2.21. The van der Waals surface area contributed by atoms with Crippen molar-refractivity contribution in [2.24, 2.45) is 0 Å². The first-order valence-electron chi connectivity index (χ1n) is 10.6. The van der Waals surface area contributed by atoms with E-state index in [4.69, 9.17) is 4.42 Å². The van der Waals surface area contributed by atoms with Crippen molar-refractivity contribution in [2.75, 3.05) is 0 Å². The number of thiophene rings is 1. The third-order valence-electron chi connectivity index (χ3n) is 5.70. The molecule has 32 heavy (non-hydrogen) atoms. The summed E-state index contributed by atoms with van der Waals surface area (Å²) < 4.78 is 5.86. The molecule has 152 valence electrons. The van der Waals surface area contributed by atoms with Crippen molar-refractivity contribution < 1.29 is 4.42 Å². The van der Waals surface area contributed by atoms with E-state index in [-0.39, 0.29) is 0 Å². The fourth-order valence-corrected chi connectivity index (χ4v) is 5.53. The second kappa shape index (κ2) is 7.95. The van der Waals surface area contributed by atoms with Gasteiger partial charge in [0, 0.05) is 26.8 Å². The fourth-order valence-electron chi connectivity index (χ4n) is 4.22. The smallest absolute Gasteiger partial charge is 0.182 e. The van der Waals surface area contributed by atoms with Gasteiger partial charge in [-0.3, -0.25) is 0 Å². The quantitative estimate of drug-likeness (QED) is 0.280. The summed E-state index contributed by atoms with van der Waals surface area (Å²) in [4.78, 5) is 7.02. The van der Waals surface area contributed by atoms with E-state index in [1.54, 1.807) is 17.7 Å². The van der Waals surface area contributed by atoms with Crippen LogP contribution in [0.15, 0.2) is 120 Å². The van der Waals surface area contributed by atoms with Gasteiger partial charge in [0.25, 0.3) is 0 Å². The average molecular weight is 430 g/mol. The van der Waals surface area contributed by atoms with Gasteiger partial charge in [0.1, 0.15) is 5.69 Å². The first kappa shape index (κ1) is 18.8. The Morgan fingerprint density at radius 1 is 0.531 bits per heavy atom. The highest BCUT2D eigenvalue weighted by atomic mass is 32.1. The molecule has 2 aromatic heterocycles. The monoisotopic (exact) mass is 429 g/mol. The fraction of sp³-hybridized carbons (Fsp3) is 0. The van der Waals surface area contributed by atoms with Crippen molar-refractivity contribution in [3.8, 4) is 43.5 Å². The van der Waals surface area contributed by atoms with E-state index in [0.717, 1.165) is 21.9 Å². The van der Waals surface area contributed by atoms with Crippen LogP contribution in [0.3, 0.4) is 0 Å². The van der Waals surface area contributed by atoms with E-state index in [0.29, 0.717) is 0 Å². The number of fused-ring (bicyclic) bond motifs is 1. The molecule has 0 fully saturated rings. The van der Waals surface area contributed by atoms with E-state index < -0.39 is 0 Å². The average Bonchev–Trinajstić information content (AvgIpc) is 3.50. The molecule has 0 unspecified atom stereocenters. The molecule has 0 aliphatic rings. The van der Waals surface area contributed by atoms with Gasteiger partial charge in [0.05, 0.1) is 4.88 Å². The molecule has 0 saturated carbocycles. The highest BCUT2D eigenvalue weighted by Crippen LogP contribution is 2.48. The first-order valence-corrected chi connectivity index (χ1v) is 11.4. The zero-order chi connectivity index (χ0) is 21.3. The molecule has 0 N–H and O–H groups in total. The van der Waals surface area contributed by atoms with Crippen molar-refractivity contribution >= 4 is 22.1 Å². The lowest BCUT2D eigenvalue weighted by molar-refractivity contribution is 0.572. The van der Waals surface area contributed by atoms with Crippen molar-refractivity contribution in [3.05, 3.63) is 116 Å². The Morgan fingerprint density at radius 3 is 1.81 bits per heavy atom. The molecular weight excluding hydrogens is 410 g/mol. The summed E-state index contributed by atoms with van der Waals surface area (Å²) >= 11 is 1.78.